The summed E-state index contributed by atoms with van der Waals surface area (Å²) < 4.78 is 5.89. The summed E-state index contributed by atoms with van der Waals surface area (Å²) in [4.78, 5) is 26.3. The maximum Gasteiger partial charge on any atom is 0.284 e. The lowest BCUT2D eigenvalue weighted by molar-refractivity contribution is -0.0523. The van der Waals surface area contributed by atoms with Gasteiger partial charge in [0.2, 0.25) is 5.88 Å². The Balaban J connectivity index is 1.92. The molecule has 0 aliphatic heterocycles. The SMILES string of the molecule is CC(C)(O)CONC(=O)c1c(N)nc(-c2cccc(C#N)c2)nc1OC1CCC1. The summed E-state index contributed by atoms with van der Waals surface area (Å²) in [5.41, 5.74) is 8.19. The molecule has 0 atom stereocenters. The largest absolute Gasteiger partial charge is 0.474 e. The molecule has 29 heavy (non-hydrogen) atoms. The average Bonchev–Trinajstić information content (AvgIpc) is 2.63. The number of aromatic nitrogens is 2. The smallest absolute Gasteiger partial charge is 0.284 e. The Bertz CT molecular complexity index is 945. The standard InChI is InChI=1S/C20H23N5O4/c1-20(2,27)11-28-25-18(26)15-16(22)23-17(13-6-3-5-12(9-13)10-21)24-19(15)29-14-7-4-8-14/h3,5-6,9,14,27H,4,7-8,11H2,1-2H3,(H,25,26)(H2,22,23,24). The number of rotatable bonds is 7. The van der Waals surface area contributed by atoms with Gasteiger partial charge in [-0.1, -0.05) is 12.1 Å². The van der Waals surface area contributed by atoms with Gasteiger partial charge in [-0.05, 0) is 45.2 Å². The lowest BCUT2D eigenvalue weighted by atomic mass is 9.96. The van der Waals surface area contributed by atoms with E-state index in [9.17, 15) is 9.90 Å². The molecule has 0 bridgehead atoms. The molecule has 9 nitrogen and oxygen atoms in total. The van der Waals surface area contributed by atoms with Crippen LogP contribution in [-0.4, -0.2) is 39.3 Å². The molecule has 0 radical (unpaired) electrons. The van der Waals surface area contributed by atoms with Crippen molar-refractivity contribution in [3.05, 3.63) is 35.4 Å². The molecular weight excluding hydrogens is 374 g/mol. The molecule has 1 aliphatic rings. The van der Waals surface area contributed by atoms with E-state index in [1.807, 2.05) is 0 Å². The maximum absolute atomic E-state index is 12.6. The summed E-state index contributed by atoms with van der Waals surface area (Å²) >= 11 is 0. The van der Waals surface area contributed by atoms with Gasteiger partial charge in [-0.25, -0.2) is 10.5 Å². The number of anilines is 1. The zero-order valence-corrected chi connectivity index (χ0v) is 16.3. The van der Waals surface area contributed by atoms with Gasteiger partial charge in [0.1, 0.15) is 24.1 Å². The number of carbonyl (C=O) groups excluding carboxylic acids is 1. The molecule has 1 saturated carbocycles. The number of hydrogen-bond donors (Lipinski definition) is 3. The Morgan fingerprint density at radius 2 is 2.17 bits per heavy atom. The predicted molar refractivity (Wildman–Crippen MR) is 105 cm³/mol. The van der Waals surface area contributed by atoms with Crippen LogP contribution in [0.25, 0.3) is 11.4 Å². The second-order valence-electron chi connectivity index (χ2n) is 7.51. The van der Waals surface area contributed by atoms with Crippen molar-refractivity contribution in [3.63, 3.8) is 0 Å². The molecule has 1 aromatic heterocycles. The van der Waals surface area contributed by atoms with Gasteiger partial charge in [0.25, 0.3) is 5.91 Å². The highest BCUT2D eigenvalue weighted by molar-refractivity contribution is 6.00. The fourth-order valence-electron chi connectivity index (χ4n) is 2.59. The molecule has 0 saturated heterocycles. The van der Waals surface area contributed by atoms with E-state index < -0.39 is 11.5 Å². The molecule has 1 heterocycles. The molecule has 152 valence electrons. The van der Waals surface area contributed by atoms with Gasteiger partial charge in [-0.3, -0.25) is 9.63 Å². The van der Waals surface area contributed by atoms with Crippen LogP contribution in [0.3, 0.4) is 0 Å². The van der Waals surface area contributed by atoms with Crippen LogP contribution in [0, 0.1) is 11.3 Å². The van der Waals surface area contributed by atoms with E-state index in [4.69, 9.17) is 20.6 Å². The molecule has 4 N–H and O–H groups in total. The first-order valence-corrected chi connectivity index (χ1v) is 9.26. The fraction of sp³-hybridized carbons (Fsp3) is 0.400. The number of nitrogen functional groups attached to an aromatic ring is 1. The predicted octanol–water partition coefficient (Wildman–Crippen LogP) is 1.96. The quantitative estimate of drug-likeness (QED) is 0.602. The number of aliphatic hydroxyl groups is 1. The number of benzene rings is 1. The van der Waals surface area contributed by atoms with Gasteiger partial charge in [0.15, 0.2) is 5.82 Å². The van der Waals surface area contributed by atoms with Crippen molar-refractivity contribution in [3.8, 4) is 23.3 Å². The van der Waals surface area contributed by atoms with Gasteiger partial charge >= 0.3 is 0 Å². The molecule has 0 unspecified atom stereocenters. The Morgan fingerprint density at radius 1 is 1.41 bits per heavy atom. The van der Waals surface area contributed by atoms with Crippen molar-refractivity contribution in [2.75, 3.05) is 12.3 Å². The third-order valence-electron chi connectivity index (χ3n) is 4.30. The fourth-order valence-corrected chi connectivity index (χ4v) is 2.59. The number of ether oxygens (including phenoxy) is 1. The van der Waals surface area contributed by atoms with Gasteiger partial charge in [-0.15, -0.1) is 0 Å². The van der Waals surface area contributed by atoms with Crippen molar-refractivity contribution in [2.45, 2.75) is 44.8 Å². The first kappa shape index (κ1) is 20.5. The number of amides is 1. The first-order valence-electron chi connectivity index (χ1n) is 9.26. The summed E-state index contributed by atoms with van der Waals surface area (Å²) in [6, 6.07) is 8.82. The Morgan fingerprint density at radius 3 is 2.79 bits per heavy atom. The summed E-state index contributed by atoms with van der Waals surface area (Å²) in [7, 11) is 0. The lowest BCUT2D eigenvalue weighted by Crippen LogP contribution is -2.34. The second kappa shape index (κ2) is 8.43. The van der Waals surface area contributed by atoms with Crippen LogP contribution in [0.2, 0.25) is 0 Å². The van der Waals surface area contributed by atoms with E-state index in [2.05, 4.69) is 21.5 Å². The summed E-state index contributed by atoms with van der Waals surface area (Å²) in [5, 5.41) is 18.8. The van der Waals surface area contributed by atoms with Gasteiger partial charge in [0.05, 0.1) is 17.2 Å². The van der Waals surface area contributed by atoms with Crippen LogP contribution in [-0.2, 0) is 4.84 Å². The number of hydrogen-bond acceptors (Lipinski definition) is 8. The number of nitrogens with zero attached hydrogens (tertiary/aromatic N) is 3. The number of hydroxylamine groups is 1. The van der Waals surface area contributed by atoms with E-state index in [0.717, 1.165) is 19.3 Å². The minimum Gasteiger partial charge on any atom is -0.474 e. The molecule has 1 aromatic carbocycles. The third kappa shape index (κ3) is 5.19. The highest BCUT2D eigenvalue weighted by atomic mass is 16.7. The minimum absolute atomic E-state index is 0.0344. The molecule has 1 aliphatic carbocycles. The molecule has 1 fully saturated rings. The number of nitrogens with one attached hydrogen (secondary N) is 1. The van der Waals surface area contributed by atoms with Crippen LogP contribution in [0.1, 0.15) is 49.0 Å². The zero-order valence-electron chi connectivity index (χ0n) is 16.3. The first-order chi connectivity index (χ1) is 13.8. The van der Waals surface area contributed by atoms with Crippen molar-refractivity contribution < 1.29 is 19.5 Å². The lowest BCUT2D eigenvalue weighted by Gasteiger charge is -2.27. The van der Waals surface area contributed by atoms with Crippen LogP contribution < -0.4 is 16.0 Å². The molecule has 3 rings (SSSR count). The Hall–Kier alpha value is -3.22. The summed E-state index contributed by atoms with van der Waals surface area (Å²) in [6.07, 6.45) is 2.71. The topological polar surface area (TPSA) is 143 Å². The van der Waals surface area contributed by atoms with E-state index >= 15 is 0 Å². The van der Waals surface area contributed by atoms with Gasteiger partial charge in [0, 0.05) is 5.56 Å². The van der Waals surface area contributed by atoms with E-state index in [0.29, 0.717) is 11.1 Å². The summed E-state index contributed by atoms with van der Waals surface area (Å²) in [6.45, 7) is 2.98. The third-order valence-corrected chi connectivity index (χ3v) is 4.30. The van der Waals surface area contributed by atoms with Crippen molar-refractivity contribution in [1.29, 1.82) is 5.26 Å². The number of carbonyl (C=O) groups is 1. The Labute approximate surface area is 168 Å². The highest BCUT2D eigenvalue weighted by Crippen LogP contribution is 2.31. The van der Waals surface area contributed by atoms with Crippen LogP contribution in [0.4, 0.5) is 5.82 Å². The van der Waals surface area contributed by atoms with Gasteiger partial charge < -0.3 is 15.6 Å². The Kier molecular flexibility index (Phi) is 5.96. The van der Waals surface area contributed by atoms with Crippen molar-refractivity contribution in [1.82, 2.24) is 15.4 Å². The molecular formula is C20H23N5O4. The van der Waals surface area contributed by atoms with Crippen LogP contribution in [0.5, 0.6) is 5.88 Å². The zero-order chi connectivity index (χ0) is 21.0. The normalized spacial score (nSPS) is 14.0. The second-order valence-corrected chi connectivity index (χ2v) is 7.51. The molecule has 1 amide bonds. The van der Waals surface area contributed by atoms with Gasteiger partial charge in [-0.2, -0.15) is 10.2 Å². The summed E-state index contributed by atoms with van der Waals surface area (Å²) in [5.74, 6) is -0.429. The molecule has 0 spiro atoms. The monoisotopic (exact) mass is 397 g/mol. The van der Waals surface area contributed by atoms with Crippen molar-refractivity contribution >= 4 is 11.7 Å². The van der Waals surface area contributed by atoms with Crippen LogP contribution >= 0.6 is 0 Å². The number of nitriles is 1. The molecule has 2 aromatic rings. The van der Waals surface area contributed by atoms with Crippen LogP contribution in [0.15, 0.2) is 24.3 Å². The van der Waals surface area contributed by atoms with E-state index in [1.165, 1.54) is 0 Å². The molecule has 9 heteroatoms. The highest BCUT2D eigenvalue weighted by Gasteiger charge is 2.27. The van der Waals surface area contributed by atoms with E-state index in [1.54, 1.807) is 38.1 Å². The van der Waals surface area contributed by atoms with E-state index in [-0.39, 0.29) is 35.8 Å². The number of nitrogens with two attached hydrogens (primary N) is 1. The van der Waals surface area contributed by atoms with Crippen molar-refractivity contribution in [2.24, 2.45) is 0 Å². The average molecular weight is 397 g/mol. The minimum atomic E-state index is -1.11. The maximum atomic E-state index is 12.6.